The number of nitrogens with zero attached hydrogens (tertiary/aromatic N) is 2. The Labute approximate surface area is 129 Å². The molecule has 0 aliphatic heterocycles. The highest BCUT2D eigenvalue weighted by Crippen LogP contribution is 2.49. The number of rotatable bonds is 3. The van der Waals surface area contributed by atoms with E-state index in [0.717, 1.165) is 5.56 Å². The first-order valence-electron chi connectivity index (χ1n) is 6.30. The van der Waals surface area contributed by atoms with Gasteiger partial charge >= 0.3 is 5.82 Å². The van der Waals surface area contributed by atoms with Crippen LogP contribution in [0.15, 0.2) is 35.4 Å². The number of nitro groups is 1. The highest BCUT2D eigenvalue weighted by atomic mass is 35.5. The smallest absolute Gasteiger partial charge is 0.358 e. The second kappa shape index (κ2) is 5.61. The molecule has 1 heterocycles. The fraction of sp³-hybridized carbons (Fsp3) is 0.214. The Morgan fingerprint density at radius 2 is 2.24 bits per heavy atom. The average molecular weight is 325 g/mol. The summed E-state index contributed by atoms with van der Waals surface area (Å²) in [4.78, 5) is 14.8. The standard InChI is InChI=1S/C14H10ClFN2O2S/c15-9-4-5-10(16)8-3-6-11(13(8)9)21-12-2-1-7-17-14(12)18(19)20/h1-2,4-5,7,11H,3,6H2. The molecule has 0 saturated heterocycles. The van der Waals surface area contributed by atoms with Gasteiger partial charge in [0.25, 0.3) is 0 Å². The van der Waals surface area contributed by atoms with E-state index in [2.05, 4.69) is 4.98 Å². The number of hydrogen-bond acceptors (Lipinski definition) is 4. The van der Waals surface area contributed by atoms with E-state index in [0.29, 0.717) is 28.3 Å². The Hall–Kier alpha value is -1.66. The maximum absolute atomic E-state index is 13.8. The van der Waals surface area contributed by atoms with Crippen LogP contribution in [0.25, 0.3) is 0 Å². The summed E-state index contributed by atoms with van der Waals surface area (Å²) in [6, 6.07) is 6.20. The van der Waals surface area contributed by atoms with Crippen molar-refractivity contribution in [3.8, 4) is 0 Å². The third-order valence-electron chi connectivity index (χ3n) is 3.42. The van der Waals surface area contributed by atoms with Crippen molar-refractivity contribution in [3.63, 3.8) is 0 Å². The molecule has 1 atom stereocenters. The zero-order valence-corrected chi connectivity index (χ0v) is 12.3. The van der Waals surface area contributed by atoms with E-state index in [9.17, 15) is 14.5 Å². The van der Waals surface area contributed by atoms with E-state index < -0.39 is 4.92 Å². The number of fused-ring (bicyclic) bond motifs is 1. The Balaban J connectivity index is 1.97. The van der Waals surface area contributed by atoms with Crippen LogP contribution in [0.2, 0.25) is 5.02 Å². The Morgan fingerprint density at radius 1 is 1.43 bits per heavy atom. The van der Waals surface area contributed by atoms with E-state index in [1.165, 1.54) is 30.1 Å². The fourth-order valence-corrected chi connectivity index (χ4v) is 4.21. The molecule has 0 N–H and O–H groups in total. The van der Waals surface area contributed by atoms with Crippen LogP contribution in [0.4, 0.5) is 10.2 Å². The Bertz CT molecular complexity index is 726. The van der Waals surface area contributed by atoms with E-state index in [1.807, 2.05) is 0 Å². The van der Waals surface area contributed by atoms with Gasteiger partial charge in [-0.15, -0.1) is 11.8 Å². The molecule has 1 unspecified atom stereocenters. The van der Waals surface area contributed by atoms with Crippen LogP contribution in [0, 0.1) is 15.9 Å². The number of pyridine rings is 1. The minimum absolute atomic E-state index is 0.0916. The number of halogens is 2. The molecular weight excluding hydrogens is 315 g/mol. The molecule has 0 radical (unpaired) electrons. The number of aromatic nitrogens is 1. The molecule has 108 valence electrons. The molecule has 7 heteroatoms. The van der Waals surface area contributed by atoms with Gasteiger partial charge in [-0.1, -0.05) is 11.6 Å². The maximum Gasteiger partial charge on any atom is 0.377 e. The quantitative estimate of drug-likeness (QED) is 0.613. The molecule has 0 saturated carbocycles. The van der Waals surface area contributed by atoms with Gasteiger partial charge < -0.3 is 10.1 Å². The number of benzene rings is 1. The second-order valence-corrected chi connectivity index (χ2v) is 6.30. The molecule has 1 aromatic carbocycles. The average Bonchev–Trinajstić information content (AvgIpc) is 2.88. The Morgan fingerprint density at radius 3 is 3.00 bits per heavy atom. The molecule has 1 aromatic heterocycles. The highest BCUT2D eigenvalue weighted by Gasteiger charge is 2.30. The van der Waals surface area contributed by atoms with Crippen molar-refractivity contribution >= 4 is 29.2 Å². The molecule has 21 heavy (non-hydrogen) atoms. The van der Waals surface area contributed by atoms with Crippen molar-refractivity contribution in [2.45, 2.75) is 23.0 Å². The van der Waals surface area contributed by atoms with Gasteiger partial charge in [0, 0.05) is 10.3 Å². The normalized spacial score (nSPS) is 16.8. The summed E-state index contributed by atoms with van der Waals surface area (Å²) >= 11 is 7.49. The third-order valence-corrected chi connectivity index (χ3v) is 5.08. The molecule has 4 nitrogen and oxygen atoms in total. The van der Waals surface area contributed by atoms with Crippen LogP contribution in [-0.4, -0.2) is 9.91 Å². The van der Waals surface area contributed by atoms with Gasteiger partial charge in [-0.25, -0.2) is 4.39 Å². The lowest BCUT2D eigenvalue weighted by Gasteiger charge is -2.12. The van der Waals surface area contributed by atoms with Crippen LogP contribution in [0.3, 0.4) is 0 Å². The predicted octanol–water partition coefficient (Wildman–Crippen LogP) is 4.56. The molecule has 2 aromatic rings. The van der Waals surface area contributed by atoms with E-state index >= 15 is 0 Å². The zero-order chi connectivity index (χ0) is 15.0. The van der Waals surface area contributed by atoms with Crippen molar-refractivity contribution in [2.75, 3.05) is 0 Å². The lowest BCUT2D eigenvalue weighted by molar-refractivity contribution is -0.392. The molecule has 3 rings (SSSR count). The summed E-state index contributed by atoms with van der Waals surface area (Å²) in [6.07, 6.45) is 2.68. The van der Waals surface area contributed by atoms with Gasteiger partial charge in [-0.2, -0.15) is 0 Å². The van der Waals surface area contributed by atoms with Gasteiger partial charge in [0.2, 0.25) is 0 Å². The third kappa shape index (κ3) is 2.61. The van der Waals surface area contributed by atoms with Crippen molar-refractivity contribution in [1.82, 2.24) is 4.98 Å². The van der Waals surface area contributed by atoms with Crippen molar-refractivity contribution in [3.05, 3.63) is 62.5 Å². The summed E-state index contributed by atoms with van der Waals surface area (Å²) in [7, 11) is 0. The van der Waals surface area contributed by atoms with Gasteiger partial charge in [0.15, 0.2) is 0 Å². The molecule has 0 fully saturated rings. The summed E-state index contributed by atoms with van der Waals surface area (Å²) in [5.74, 6) is -0.443. The zero-order valence-electron chi connectivity index (χ0n) is 10.8. The molecule has 0 spiro atoms. The summed E-state index contributed by atoms with van der Waals surface area (Å²) < 4.78 is 13.8. The topological polar surface area (TPSA) is 56.0 Å². The molecular formula is C14H10ClFN2O2S. The Kier molecular flexibility index (Phi) is 3.82. The van der Waals surface area contributed by atoms with Gasteiger partial charge in [0.1, 0.15) is 16.9 Å². The number of thioether (sulfide) groups is 1. The minimum atomic E-state index is -0.509. The van der Waals surface area contributed by atoms with Crippen LogP contribution in [0.5, 0.6) is 0 Å². The lowest BCUT2D eigenvalue weighted by Crippen LogP contribution is -1.96. The molecule has 1 aliphatic carbocycles. The fourth-order valence-electron chi connectivity index (χ4n) is 2.51. The van der Waals surface area contributed by atoms with Crippen LogP contribution in [-0.2, 0) is 6.42 Å². The first-order valence-corrected chi connectivity index (χ1v) is 7.56. The summed E-state index contributed by atoms with van der Waals surface area (Å²) in [6.45, 7) is 0. The van der Waals surface area contributed by atoms with Crippen LogP contribution < -0.4 is 0 Å². The lowest BCUT2D eigenvalue weighted by atomic mass is 10.1. The second-order valence-electron chi connectivity index (χ2n) is 4.65. The van der Waals surface area contributed by atoms with E-state index in [-0.39, 0.29) is 16.9 Å². The SMILES string of the molecule is O=[N+]([O-])c1ncccc1SC1CCc2c(F)ccc(Cl)c21. The van der Waals surface area contributed by atoms with Crippen molar-refractivity contribution in [1.29, 1.82) is 0 Å². The first kappa shape index (κ1) is 14.3. The first-order chi connectivity index (χ1) is 10.1. The monoisotopic (exact) mass is 324 g/mol. The van der Waals surface area contributed by atoms with Crippen molar-refractivity contribution in [2.24, 2.45) is 0 Å². The maximum atomic E-state index is 13.8. The molecule has 1 aliphatic rings. The van der Waals surface area contributed by atoms with Gasteiger partial charge in [-0.05, 0) is 58.1 Å². The number of hydrogen-bond donors (Lipinski definition) is 0. The largest absolute Gasteiger partial charge is 0.377 e. The summed E-state index contributed by atoms with van der Waals surface area (Å²) in [5.41, 5.74) is 1.37. The van der Waals surface area contributed by atoms with Crippen LogP contribution in [0.1, 0.15) is 22.8 Å². The summed E-state index contributed by atoms with van der Waals surface area (Å²) in [5, 5.41) is 11.4. The van der Waals surface area contributed by atoms with Gasteiger partial charge in [-0.3, -0.25) is 0 Å². The molecule has 0 amide bonds. The predicted molar refractivity (Wildman–Crippen MR) is 79.2 cm³/mol. The highest BCUT2D eigenvalue weighted by molar-refractivity contribution is 7.99. The van der Waals surface area contributed by atoms with Crippen LogP contribution >= 0.6 is 23.4 Å². The van der Waals surface area contributed by atoms with E-state index in [4.69, 9.17) is 11.6 Å². The minimum Gasteiger partial charge on any atom is -0.358 e. The molecule has 0 bridgehead atoms. The van der Waals surface area contributed by atoms with E-state index in [1.54, 1.807) is 12.1 Å². The van der Waals surface area contributed by atoms with Crippen molar-refractivity contribution < 1.29 is 9.31 Å². The van der Waals surface area contributed by atoms with Gasteiger partial charge in [0.05, 0.1) is 0 Å².